The molecule has 0 atom stereocenters. The Kier molecular flexibility index (Phi) is 4.70. The van der Waals surface area contributed by atoms with Crippen molar-refractivity contribution < 1.29 is 9.15 Å². The Hall–Kier alpha value is -3.06. The van der Waals surface area contributed by atoms with Crippen molar-refractivity contribution in [3.8, 4) is 22.8 Å². The maximum absolute atomic E-state index is 5.84. The van der Waals surface area contributed by atoms with Crippen molar-refractivity contribution in [3.63, 3.8) is 0 Å². The van der Waals surface area contributed by atoms with Crippen molar-refractivity contribution in [2.75, 3.05) is 7.11 Å². The third-order valence-corrected chi connectivity index (χ3v) is 4.73. The number of hydrogen-bond acceptors (Lipinski definition) is 6. The van der Waals surface area contributed by atoms with Crippen molar-refractivity contribution in [1.82, 2.24) is 19.7 Å². The molecule has 6 nitrogen and oxygen atoms in total. The number of ether oxygens (including phenoxy) is 1. The summed E-state index contributed by atoms with van der Waals surface area (Å²) in [4.78, 5) is 4.36. The van der Waals surface area contributed by atoms with Crippen LogP contribution in [0.2, 0.25) is 0 Å². The van der Waals surface area contributed by atoms with Crippen molar-refractivity contribution in [2.45, 2.75) is 10.9 Å². The quantitative estimate of drug-likeness (QED) is 0.477. The summed E-state index contributed by atoms with van der Waals surface area (Å²) in [6, 6.07) is 17.7. The van der Waals surface area contributed by atoms with E-state index in [1.54, 1.807) is 19.6 Å². The van der Waals surface area contributed by atoms with Gasteiger partial charge in [-0.05, 0) is 12.1 Å². The number of aromatic nitrogens is 4. The summed E-state index contributed by atoms with van der Waals surface area (Å²) in [7, 11) is 1.65. The summed E-state index contributed by atoms with van der Waals surface area (Å²) in [5, 5.41) is 8.97. The molecule has 0 unspecified atom stereocenters. The molecule has 0 aliphatic heterocycles. The Bertz CT molecular complexity index is 997. The molecule has 2 aromatic heterocycles. The van der Waals surface area contributed by atoms with Crippen LogP contribution in [-0.2, 0) is 5.75 Å². The number of nitrogens with zero attached hydrogens (tertiary/aromatic N) is 4. The van der Waals surface area contributed by atoms with E-state index in [1.807, 2.05) is 59.2 Å². The first-order chi connectivity index (χ1) is 12.8. The molecule has 0 saturated carbocycles. The molecule has 0 fully saturated rings. The summed E-state index contributed by atoms with van der Waals surface area (Å²) in [6.45, 7) is 0. The zero-order valence-corrected chi connectivity index (χ0v) is 14.9. The fraction of sp³-hybridized carbons (Fsp3) is 0.105. The summed E-state index contributed by atoms with van der Waals surface area (Å²) in [6.07, 6.45) is 3.42. The number of oxazole rings is 1. The molecular formula is C19H16N4O2S. The van der Waals surface area contributed by atoms with Crippen LogP contribution in [0.1, 0.15) is 5.89 Å². The average Bonchev–Trinajstić information content (AvgIpc) is 3.36. The lowest BCUT2D eigenvalue weighted by atomic mass is 10.2. The zero-order chi connectivity index (χ0) is 17.8. The zero-order valence-electron chi connectivity index (χ0n) is 14.1. The fourth-order valence-electron chi connectivity index (χ4n) is 2.56. The lowest BCUT2D eigenvalue weighted by Gasteiger charge is -2.10. The van der Waals surface area contributed by atoms with Crippen molar-refractivity contribution in [2.24, 2.45) is 0 Å². The molecule has 130 valence electrons. The number of methoxy groups -OCH3 is 1. The van der Waals surface area contributed by atoms with Gasteiger partial charge in [0.25, 0.3) is 0 Å². The van der Waals surface area contributed by atoms with Gasteiger partial charge >= 0.3 is 0 Å². The molecule has 0 saturated heterocycles. The number of para-hydroxylation sites is 2. The standard InChI is InChI=1S/C19H16N4O2S/c1-24-16-10-6-5-9-15(16)23-13-21-22-19(23)26-12-18-20-11-17(25-18)14-7-3-2-4-8-14/h2-11,13H,12H2,1H3. The smallest absolute Gasteiger partial charge is 0.205 e. The summed E-state index contributed by atoms with van der Waals surface area (Å²) < 4.78 is 13.2. The second-order valence-corrected chi connectivity index (χ2v) is 6.37. The molecule has 4 rings (SSSR count). The van der Waals surface area contributed by atoms with Gasteiger partial charge in [-0.15, -0.1) is 10.2 Å². The summed E-state index contributed by atoms with van der Waals surface area (Å²) in [5.74, 6) is 2.72. The Morgan fingerprint density at radius 3 is 2.73 bits per heavy atom. The number of thioether (sulfide) groups is 1. The van der Waals surface area contributed by atoms with Gasteiger partial charge in [0.15, 0.2) is 10.9 Å². The van der Waals surface area contributed by atoms with E-state index in [2.05, 4.69) is 15.2 Å². The van der Waals surface area contributed by atoms with Gasteiger partial charge in [0.05, 0.1) is 24.7 Å². The molecule has 0 N–H and O–H groups in total. The third kappa shape index (κ3) is 3.34. The first kappa shape index (κ1) is 16.4. The van der Waals surface area contributed by atoms with Gasteiger partial charge in [0.2, 0.25) is 5.89 Å². The molecule has 0 bridgehead atoms. The first-order valence-electron chi connectivity index (χ1n) is 8.01. The van der Waals surface area contributed by atoms with Gasteiger partial charge in [-0.3, -0.25) is 4.57 Å². The van der Waals surface area contributed by atoms with E-state index in [4.69, 9.17) is 9.15 Å². The van der Waals surface area contributed by atoms with Gasteiger partial charge in [0.1, 0.15) is 12.1 Å². The van der Waals surface area contributed by atoms with E-state index in [1.165, 1.54) is 11.8 Å². The maximum Gasteiger partial charge on any atom is 0.205 e. The van der Waals surface area contributed by atoms with Crippen LogP contribution >= 0.6 is 11.8 Å². The Morgan fingerprint density at radius 2 is 1.88 bits per heavy atom. The Morgan fingerprint density at radius 1 is 1.08 bits per heavy atom. The molecule has 0 spiro atoms. The third-order valence-electron chi connectivity index (χ3n) is 3.80. The molecule has 0 amide bonds. The first-order valence-corrected chi connectivity index (χ1v) is 9.00. The predicted molar refractivity (Wildman–Crippen MR) is 99.4 cm³/mol. The van der Waals surface area contributed by atoms with Gasteiger partial charge in [-0.25, -0.2) is 4.98 Å². The monoisotopic (exact) mass is 364 g/mol. The molecule has 0 radical (unpaired) electrons. The van der Waals surface area contributed by atoms with Crippen LogP contribution < -0.4 is 4.74 Å². The SMILES string of the molecule is COc1ccccc1-n1cnnc1SCc1ncc(-c2ccccc2)o1. The molecule has 26 heavy (non-hydrogen) atoms. The highest BCUT2D eigenvalue weighted by Crippen LogP contribution is 2.29. The van der Waals surface area contributed by atoms with Crippen molar-refractivity contribution in [1.29, 1.82) is 0 Å². The van der Waals surface area contributed by atoms with E-state index in [9.17, 15) is 0 Å². The maximum atomic E-state index is 5.84. The van der Waals surface area contributed by atoms with Crippen molar-refractivity contribution in [3.05, 3.63) is 73.0 Å². The molecule has 2 aromatic carbocycles. The van der Waals surface area contributed by atoms with E-state index < -0.39 is 0 Å². The van der Waals surface area contributed by atoms with Crippen LogP contribution in [0.15, 0.2) is 76.7 Å². The molecular weight excluding hydrogens is 348 g/mol. The van der Waals surface area contributed by atoms with Crippen LogP contribution in [0.4, 0.5) is 0 Å². The molecule has 7 heteroatoms. The lowest BCUT2D eigenvalue weighted by Crippen LogP contribution is -1.98. The van der Waals surface area contributed by atoms with E-state index >= 15 is 0 Å². The predicted octanol–water partition coefficient (Wildman–Crippen LogP) is 4.22. The minimum atomic E-state index is 0.556. The van der Waals surface area contributed by atoms with Crippen LogP contribution in [-0.4, -0.2) is 26.9 Å². The largest absolute Gasteiger partial charge is 0.495 e. The highest BCUT2D eigenvalue weighted by Gasteiger charge is 2.13. The van der Waals surface area contributed by atoms with E-state index in [0.717, 1.165) is 27.9 Å². The Balaban J connectivity index is 1.52. The fourth-order valence-corrected chi connectivity index (χ4v) is 3.33. The van der Waals surface area contributed by atoms with E-state index in [-0.39, 0.29) is 0 Å². The second-order valence-electron chi connectivity index (χ2n) is 5.43. The molecule has 2 heterocycles. The Labute approximate surface area is 154 Å². The van der Waals surface area contributed by atoms with Crippen LogP contribution in [0, 0.1) is 0 Å². The van der Waals surface area contributed by atoms with Crippen LogP contribution in [0.25, 0.3) is 17.0 Å². The highest BCUT2D eigenvalue weighted by atomic mass is 32.2. The van der Waals surface area contributed by atoms with Gasteiger partial charge in [-0.1, -0.05) is 54.2 Å². The number of hydrogen-bond donors (Lipinski definition) is 0. The van der Waals surface area contributed by atoms with Crippen LogP contribution in [0.3, 0.4) is 0 Å². The van der Waals surface area contributed by atoms with Gasteiger partial charge in [-0.2, -0.15) is 0 Å². The average molecular weight is 364 g/mol. The lowest BCUT2D eigenvalue weighted by molar-refractivity contribution is 0.412. The minimum absolute atomic E-state index is 0.556. The number of benzene rings is 2. The minimum Gasteiger partial charge on any atom is -0.495 e. The molecule has 0 aliphatic rings. The highest BCUT2D eigenvalue weighted by molar-refractivity contribution is 7.98. The van der Waals surface area contributed by atoms with Crippen LogP contribution in [0.5, 0.6) is 5.75 Å². The summed E-state index contributed by atoms with van der Waals surface area (Å²) in [5.41, 5.74) is 1.90. The summed E-state index contributed by atoms with van der Waals surface area (Å²) >= 11 is 1.51. The topological polar surface area (TPSA) is 66.0 Å². The van der Waals surface area contributed by atoms with Crippen molar-refractivity contribution >= 4 is 11.8 Å². The van der Waals surface area contributed by atoms with E-state index in [0.29, 0.717) is 11.6 Å². The molecule has 4 aromatic rings. The van der Waals surface area contributed by atoms with Gasteiger partial charge in [0, 0.05) is 5.56 Å². The molecule has 0 aliphatic carbocycles. The normalized spacial score (nSPS) is 10.8. The number of rotatable bonds is 6. The second kappa shape index (κ2) is 7.45. The van der Waals surface area contributed by atoms with Gasteiger partial charge < -0.3 is 9.15 Å².